The van der Waals surface area contributed by atoms with Crippen molar-refractivity contribution in [1.82, 2.24) is 19.5 Å². The standard InChI is InChI=1S/C14H15N7O/c1-22-14-18-9-11(17)19-12(10(15)16)20-13(9)21(14)7-8-5-3-2-4-6-8/h2-6H,7H2,1H3,(H3,15,16)(H2,17,19,20). The number of imidazole rings is 1. The molecular weight excluding hydrogens is 282 g/mol. The summed E-state index contributed by atoms with van der Waals surface area (Å²) >= 11 is 0. The van der Waals surface area contributed by atoms with Crippen LogP contribution in [0.25, 0.3) is 11.2 Å². The van der Waals surface area contributed by atoms with Gasteiger partial charge in [0, 0.05) is 0 Å². The normalized spacial score (nSPS) is 10.8. The minimum Gasteiger partial charge on any atom is -0.468 e. The molecule has 0 aliphatic carbocycles. The summed E-state index contributed by atoms with van der Waals surface area (Å²) in [5.41, 5.74) is 13.3. The van der Waals surface area contributed by atoms with Crippen molar-refractivity contribution < 1.29 is 4.74 Å². The smallest absolute Gasteiger partial charge is 0.298 e. The SMILES string of the molecule is COc1nc2c(N)nc(C(=N)N)nc2n1Cc1ccccc1. The Hall–Kier alpha value is -3.16. The monoisotopic (exact) mass is 297 g/mol. The van der Waals surface area contributed by atoms with E-state index in [1.54, 1.807) is 4.57 Å². The Bertz CT molecular complexity index is 841. The van der Waals surface area contributed by atoms with Crippen LogP contribution in [0.15, 0.2) is 30.3 Å². The van der Waals surface area contributed by atoms with Crippen molar-refractivity contribution >= 4 is 22.8 Å². The van der Waals surface area contributed by atoms with E-state index in [1.807, 2.05) is 30.3 Å². The predicted molar refractivity (Wildman–Crippen MR) is 82.8 cm³/mol. The van der Waals surface area contributed by atoms with Crippen molar-refractivity contribution in [1.29, 1.82) is 5.41 Å². The van der Waals surface area contributed by atoms with E-state index in [9.17, 15) is 0 Å². The van der Waals surface area contributed by atoms with Gasteiger partial charge in [-0.15, -0.1) is 0 Å². The lowest BCUT2D eigenvalue weighted by molar-refractivity contribution is 0.363. The molecular formula is C14H15N7O. The summed E-state index contributed by atoms with van der Waals surface area (Å²) in [4.78, 5) is 12.6. The third-order valence-corrected chi connectivity index (χ3v) is 3.19. The molecule has 2 aromatic heterocycles. The molecule has 0 aliphatic heterocycles. The van der Waals surface area contributed by atoms with Gasteiger partial charge in [0.15, 0.2) is 28.6 Å². The molecule has 22 heavy (non-hydrogen) atoms. The van der Waals surface area contributed by atoms with E-state index in [0.29, 0.717) is 23.7 Å². The average Bonchev–Trinajstić information content (AvgIpc) is 2.87. The number of nitrogens with two attached hydrogens (primary N) is 2. The third-order valence-electron chi connectivity index (χ3n) is 3.19. The first-order valence-corrected chi connectivity index (χ1v) is 6.56. The van der Waals surface area contributed by atoms with E-state index < -0.39 is 0 Å². The Kier molecular flexibility index (Phi) is 3.34. The van der Waals surface area contributed by atoms with Crippen LogP contribution in [0.1, 0.15) is 11.4 Å². The number of nitrogens with zero attached hydrogens (tertiary/aromatic N) is 4. The maximum Gasteiger partial charge on any atom is 0.298 e. The first kappa shape index (κ1) is 13.8. The Labute approximate surface area is 126 Å². The number of methoxy groups -OCH3 is 1. The lowest BCUT2D eigenvalue weighted by Crippen LogP contribution is -2.17. The number of nitrogen functional groups attached to an aromatic ring is 2. The van der Waals surface area contributed by atoms with E-state index in [2.05, 4.69) is 15.0 Å². The van der Waals surface area contributed by atoms with Gasteiger partial charge in [0.05, 0.1) is 13.7 Å². The lowest BCUT2D eigenvalue weighted by Gasteiger charge is -2.08. The molecule has 0 radical (unpaired) electrons. The van der Waals surface area contributed by atoms with Crippen LogP contribution in [-0.4, -0.2) is 32.5 Å². The van der Waals surface area contributed by atoms with Gasteiger partial charge in [0.2, 0.25) is 0 Å². The summed E-state index contributed by atoms with van der Waals surface area (Å²) in [6.07, 6.45) is 0. The first-order chi connectivity index (χ1) is 10.6. The highest BCUT2D eigenvalue weighted by atomic mass is 16.5. The fourth-order valence-electron chi connectivity index (χ4n) is 2.19. The molecule has 112 valence electrons. The zero-order valence-electron chi connectivity index (χ0n) is 11.9. The van der Waals surface area contributed by atoms with Crippen molar-refractivity contribution in [3.8, 4) is 6.01 Å². The number of benzene rings is 1. The molecule has 8 heteroatoms. The molecule has 0 bridgehead atoms. The molecule has 0 saturated heterocycles. The number of aromatic nitrogens is 4. The van der Waals surface area contributed by atoms with E-state index in [-0.39, 0.29) is 17.5 Å². The zero-order chi connectivity index (χ0) is 15.7. The summed E-state index contributed by atoms with van der Waals surface area (Å²) in [7, 11) is 1.53. The van der Waals surface area contributed by atoms with Gasteiger partial charge in [-0.2, -0.15) is 4.98 Å². The van der Waals surface area contributed by atoms with Crippen LogP contribution < -0.4 is 16.2 Å². The lowest BCUT2D eigenvalue weighted by atomic mass is 10.2. The van der Waals surface area contributed by atoms with Crippen molar-refractivity contribution in [2.24, 2.45) is 5.73 Å². The molecule has 0 saturated carbocycles. The summed E-state index contributed by atoms with van der Waals surface area (Å²) in [6, 6.07) is 10.2. The highest BCUT2D eigenvalue weighted by Crippen LogP contribution is 2.24. The van der Waals surface area contributed by atoms with Crippen molar-refractivity contribution in [2.45, 2.75) is 6.54 Å². The Morgan fingerprint density at radius 2 is 1.95 bits per heavy atom. The molecule has 3 aromatic rings. The molecule has 0 aliphatic rings. The largest absolute Gasteiger partial charge is 0.468 e. The third kappa shape index (κ3) is 2.30. The number of nitrogens with one attached hydrogen (secondary N) is 1. The first-order valence-electron chi connectivity index (χ1n) is 6.56. The molecule has 0 spiro atoms. The Morgan fingerprint density at radius 1 is 1.23 bits per heavy atom. The maximum absolute atomic E-state index is 7.49. The van der Waals surface area contributed by atoms with Crippen molar-refractivity contribution in [3.63, 3.8) is 0 Å². The van der Waals surface area contributed by atoms with Crippen LogP contribution >= 0.6 is 0 Å². The van der Waals surface area contributed by atoms with Gasteiger partial charge in [0.25, 0.3) is 6.01 Å². The molecule has 8 nitrogen and oxygen atoms in total. The molecule has 0 fully saturated rings. The van der Waals surface area contributed by atoms with Gasteiger partial charge in [-0.05, 0) is 5.56 Å². The second-order valence-electron chi connectivity index (χ2n) is 4.69. The van der Waals surface area contributed by atoms with E-state index in [0.717, 1.165) is 5.56 Å². The van der Waals surface area contributed by atoms with Gasteiger partial charge in [-0.3, -0.25) is 9.98 Å². The fourth-order valence-corrected chi connectivity index (χ4v) is 2.19. The molecule has 2 heterocycles. The van der Waals surface area contributed by atoms with Crippen molar-refractivity contribution in [3.05, 3.63) is 41.7 Å². The number of hydrogen-bond donors (Lipinski definition) is 3. The fraction of sp³-hybridized carbons (Fsp3) is 0.143. The number of rotatable bonds is 4. The van der Waals surface area contributed by atoms with Crippen LogP contribution in [0.2, 0.25) is 0 Å². The van der Waals surface area contributed by atoms with Gasteiger partial charge < -0.3 is 16.2 Å². The number of amidine groups is 1. The van der Waals surface area contributed by atoms with E-state index in [4.69, 9.17) is 21.6 Å². The number of hydrogen-bond acceptors (Lipinski definition) is 6. The quantitative estimate of drug-likeness (QED) is 0.481. The van der Waals surface area contributed by atoms with Crippen LogP contribution in [0.5, 0.6) is 6.01 Å². The minimum atomic E-state index is -0.250. The number of ether oxygens (including phenoxy) is 1. The van der Waals surface area contributed by atoms with Gasteiger partial charge >= 0.3 is 0 Å². The Balaban J connectivity index is 2.20. The summed E-state index contributed by atoms with van der Waals surface area (Å²) < 4.78 is 7.07. The number of anilines is 1. The highest BCUT2D eigenvalue weighted by molar-refractivity contribution is 5.94. The van der Waals surface area contributed by atoms with Gasteiger partial charge in [0.1, 0.15) is 0 Å². The van der Waals surface area contributed by atoms with E-state index >= 15 is 0 Å². The molecule has 3 rings (SSSR count). The van der Waals surface area contributed by atoms with Gasteiger partial charge in [-0.25, -0.2) is 9.97 Å². The zero-order valence-corrected chi connectivity index (χ0v) is 11.9. The van der Waals surface area contributed by atoms with Crippen molar-refractivity contribution in [2.75, 3.05) is 12.8 Å². The van der Waals surface area contributed by atoms with E-state index in [1.165, 1.54) is 7.11 Å². The van der Waals surface area contributed by atoms with Crippen LogP contribution in [0.3, 0.4) is 0 Å². The predicted octanol–water partition coefficient (Wildman–Crippen LogP) is 0.749. The van der Waals surface area contributed by atoms with Crippen LogP contribution in [0, 0.1) is 5.41 Å². The van der Waals surface area contributed by atoms with Crippen LogP contribution in [0.4, 0.5) is 5.82 Å². The maximum atomic E-state index is 7.49. The molecule has 0 unspecified atom stereocenters. The Morgan fingerprint density at radius 3 is 2.59 bits per heavy atom. The molecule has 0 atom stereocenters. The second-order valence-corrected chi connectivity index (χ2v) is 4.69. The summed E-state index contributed by atoms with van der Waals surface area (Å²) in [5.74, 6) is -0.0118. The summed E-state index contributed by atoms with van der Waals surface area (Å²) in [5, 5.41) is 7.49. The molecule has 1 aromatic carbocycles. The highest BCUT2D eigenvalue weighted by Gasteiger charge is 2.18. The molecule has 5 N–H and O–H groups in total. The topological polar surface area (TPSA) is 129 Å². The second kappa shape index (κ2) is 5.32. The summed E-state index contributed by atoms with van der Waals surface area (Å²) in [6.45, 7) is 0.508. The minimum absolute atomic E-state index is 0.0712. The molecule has 0 amide bonds. The number of fused-ring (bicyclic) bond motifs is 1. The van der Waals surface area contributed by atoms with Crippen LogP contribution in [-0.2, 0) is 6.54 Å². The average molecular weight is 297 g/mol. The van der Waals surface area contributed by atoms with Gasteiger partial charge in [-0.1, -0.05) is 30.3 Å².